The minimum absolute atomic E-state index is 0.330. The van der Waals surface area contributed by atoms with Crippen LogP contribution in [-0.4, -0.2) is 28.9 Å². The van der Waals surface area contributed by atoms with Crippen molar-refractivity contribution in [2.75, 3.05) is 6.54 Å². The Bertz CT molecular complexity index is 405. The van der Waals surface area contributed by atoms with Gasteiger partial charge >= 0.3 is 5.97 Å². The van der Waals surface area contributed by atoms with Crippen molar-refractivity contribution in [1.82, 2.24) is 5.32 Å². The van der Waals surface area contributed by atoms with Crippen molar-refractivity contribution in [3.63, 3.8) is 0 Å². The van der Waals surface area contributed by atoms with Gasteiger partial charge < -0.3 is 10.4 Å². The molecule has 2 rings (SSSR count). The Morgan fingerprint density at radius 3 is 3.19 bits per heavy atom. The molecule has 1 aliphatic carbocycles. The highest BCUT2D eigenvalue weighted by molar-refractivity contribution is 8.03. The fourth-order valence-corrected chi connectivity index (χ4v) is 2.83. The predicted octanol–water partition coefficient (Wildman–Crippen LogP) is 1.70. The van der Waals surface area contributed by atoms with Gasteiger partial charge in [0.1, 0.15) is 6.04 Å². The lowest BCUT2D eigenvalue weighted by molar-refractivity contribution is -0.139. The smallest absolute Gasteiger partial charge is 0.320 e. The van der Waals surface area contributed by atoms with Gasteiger partial charge in [-0.25, -0.2) is 0 Å². The van der Waals surface area contributed by atoms with Gasteiger partial charge in [-0.05, 0) is 24.6 Å². The lowest BCUT2D eigenvalue weighted by Crippen LogP contribution is -2.29. The standard InChI is InChI=1S/C12H13NO2S/c14-12(15)11-7-10(8-13-11)16-9-5-3-1-2-4-6-9/h1-3,5-6,10-11,13H,7-8H2,(H,14,15)/t10-,11-/m0/s1. The average Bonchev–Trinajstić information content (AvgIpc) is 2.56. The monoisotopic (exact) mass is 235 g/mol. The van der Waals surface area contributed by atoms with Crippen LogP contribution in [-0.2, 0) is 4.79 Å². The summed E-state index contributed by atoms with van der Waals surface area (Å²) in [5.41, 5.74) is 3.04. The molecule has 0 amide bonds. The van der Waals surface area contributed by atoms with E-state index >= 15 is 0 Å². The first-order chi connectivity index (χ1) is 7.75. The fraction of sp³-hybridized carbons (Fsp3) is 0.333. The molecule has 1 heterocycles. The van der Waals surface area contributed by atoms with E-state index in [0.717, 1.165) is 11.4 Å². The topological polar surface area (TPSA) is 49.3 Å². The Labute approximate surface area is 98.6 Å². The molecule has 1 saturated heterocycles. The van der Waals surface area contributed by atoms with Gasteiger partial charge in [-0.1, -0.05) is 12.2 Å². The number of nitrogens with one attached hydrogen (secondary N) is 1. The van der Waals surface area contributed by atoms with E-state index in [-0.39, 0.29) is 6.04 Å². The molecule has 0 unspecified atom stereocenters. The van der Waals surface area contributed by atoms with Crippen LogP contribution in [0.4, 0.5) is 0 Å². The molecule has 0 bridgehead atoms. The highest BCUT2D eigenvalue weighted by atomic mass is 32.2. The molecule has 0 aromatic heterocycles. The maximum absolute atomic E-state index is 10.8. The summed E-state index contributed by atoms with van der Waals surface area (Å²) in [6.07, 6.45) is 10.4. The summed E-state index contributed by atoms with van der Waals surface area (Å²) in [5.74, 6) is -0.756. The van der Waals surface area contributed by atoms with Crippen LogP contribution in [0.25, 0.3) is 0 Å². The van der Waals surface area contributed by atoms with Crippen LogP contribution < -0.4 is 5.32 Å². The molecule has 84 valence electrons. The second-order valence-electron chi connectivity index (χ2n) is 3.71. The first-order valence-corrected chi connectivity index (χ1v) is 6.06. The van der Waals surface area contributed by atoms with Crippen molar-refractivity contribution in [2.45, 2.75) is 17.7 Å². The first-order valence-electron chi connectivity index (χ1n) is 5.18. The van der Waals surface area contributed by atoms with Gasteiger partial charge in [0.15, 0.2) is 0 Å². The van der Waals surface area contributed by atoms with Crippen molar-refractivity contribution >= 4 is 17.7 Å². The number of aliphatic carboxylic acids is 1. The Hall–Kier alpha value is -1.22. The van der Waals surface area contributed by atoms with E-state index in [2.05, 4.69) is 11.0 Å². The second kappa shape index (κ2) is 5.21. The second-order valence-corrected chi connectivity index (χ2v) is 5.08. The third-order valence-electron chi connectivity index (χ3n) is 2.48. The van der Waals surface area contributed by atoms with Crippen molar-refractivity contribution in [3.8, 4) is 0 Å². The van der Waals surface area contributed by atoms with Crippen molar-refractivity contribution in [3.05, 3.63) is 41.0 Å². The molecule has 0 radical (unpaired) electrons. The SMILES string of the molecule is O=C(O)[C@@H]1C[C@H](SC2=CC=CC=C=C2)CN1. The molecule has 2 N–H and O–H groups in total. The summed E-state index contributed by atoms with van der Waals surface area (Å²) < 4.78 is 0. The van der Waals surface area contributed by atoms with Gasteiger partial charge in [0.25, 0.3) is 0 Å². The lowest BCUT2D eigenvalue weighted by atomic mass is 10.2. The number of allylic oxidation sites excluding steroid dienone is 4. The molecule has 3 nitrogen and oxygen atoms in total. The highest BCUT2D eigenvalue weighted by Crippen LogP contribution is 2.29. The Morgan fingerprint density at radius 2 is 2.44 bits per heavy atom. The van der Waals surface area contributed by atoms with Gasteiger partial charge in [0.2, 0.25) is 0 Å². The van der Waals surface area contributed by atoms with Gasteiger partial charge in [-0.3, -0.25) is 4.79 Å². The van der Waals surface area contributed by atoms with Crippen LogP contribution in [0.3, 0.4) is 0 Å². The van der Waals surface area contributed by atoms with Gasteiger partial charge in [-0.2, -0.15) is 0 Å². The molecule has 0 spiro atoms. The molecule has 0 aromatic carbocycles. The minimum Gasteiger partial charge on any atom is -0.480 e. The maximum atomic E-state index is 10.8. The predicted molar refractivity (Wildman–Crippen MR) is 65.3 cm³/mol. The average molecular weight is 235 g/mol. The summed E-state index contributed by atoms with van der Waals surface area (Å²) in [4.78, 5) is 11.9. The molecule has 1 aliphatic heterocycles. The number of carboxylic acid groups (broad SMARTS) is 1. The van der Waals surface area contributed by atoms with Crippen LogP contribution in [0.1, 0.15) is 6.42 Å². The molecule has 4 heteroatoms. The molecule has 2 atom stereocenters. The molecule has 0 aromatic rings. The van der Waals surface area contributed by atoms with Crippen LogP contribution in [0.15, 0.2) is 41.0 Å². The van der Waals surface area contributed by atoms with Crippen LogP contribution >= 0.6 is 11.8 Å². The van der Waals surface area contributed by atoms with Gasteiger partial charge in [0.05, 0.1) is 0 Å². The largest absolute Gasteiger partial charge is 0.480 e. The molecular weight excluding hydrogens is 222 g/mol. The number of carboxylic acids is 1. The Morgan fingerprint density at radius 1 is 1.56 bits per heavy atom. The molecule has 2 aliphatic rings. The zero-order valence-corrected chi connectivity index (χ0v) is 9.54. The third-order valence-corrected chi connectivity index (χ3v) is 3.70. The van der Waals surface area contributed by atoms with E-state index in [0.29, 0.717) is 11.7 Å². The van der Waals surface area contributed by atoms with E-state index in [1.165, 1.54) is 0 Å². The van der Waals surface area contributed by atoms with E-state index in [1.54, 1.807) is 11.8 Å². The van der Waals surface area contributed by atoms with Gasteiger partial charge in [0, 0.05) is 16.7 Å². The summed E-state index contributed by atoms with van der Waals surface area (Å²) in [7, 11) is 0. The summed E-state index contributed by atoms with van der Waals surface area (Å²) in [6, 6.07) is -0.390. The first kappa shape index (κ1) is 11.3. The zero-order chi connectivity index (χ0) is 11.4. The number of carbonyl (C=O) groups is 1. The number of thioether (sulfide) groups is 1. The fourth-order valence-electron chi connectivity index (χ4n) is 1.69. The number of hydrogen-bond donors (Lipinski definition) is 2. The maximum Gasteiger partial charge on any atom is 0.320 e. The zero-order valence-electron chi connectivity index (χ0n) is 8.72. The van der Waals surface area contributed by atoms with Crippen LogP contribution in [0.5, 0.6) is 0 Å². The summed E-state index contributed by atoms with van der Waals surface area (Å²) in [5, 5.41) is 12.2. The summed E-state index contributed by atoms with van der Waals surface area (Å²) >= 11 is 1.71. The number of hydrogen-bond acceptors (Lipinski definition) is 3. The van der Waals surface area contributed by atoms with E-state index in [1.807, 2.05) is 30.4 Å². The van der Waals surface area contributed by atoms with Crippen LogP contribution in [0.2, 0.25) is 0 Å². The Kier molecular flexibility index (Phi) is 3.67. The van der Waals surface area contributed by atoms with Crippen molar-refractivity contribution in [2.24, 2.45) is 0 Å². The van der Waals surface area contributed by atoms with Crippen molar-refractivity contribution < 1.29 is 9.90 Å². The van der Waals surface area contributed by atoms with E-state index < -0.39 is 5.97 Å². The number of rotatable bonds is 3. The lowest BCUT2D eigenvalue weighted by Gasteiger charge is -2.07. The van der Waals surface area contributed by atoms with E-state index in [4.69, 9.17) is 5.11 Å². The Balaban J connectivity index is 1.92. The molecule has 1 fully saturated rings. The minimum atomic E-state index is -0.756. The van der Waals surface area contributed by atoms with Gasteiger partial charge in [-0.15, -0.1) is 17.5 Å². The molecule has 0 saturated carbocycles. The quantitative estimate of drug-likeness (QED) is 0.731. The summed E-state index contributed by atoms with van der Waals surface area (Å²) in [6.45, 7) is 0.750. The molecule has 16 heavy (non-hydrogen) atoms. The molecular formula is C12H13NO2S. The van der Waals surface area contributed by atoms with Crippen molar-refractivity contribution in [1.29, 1.82) is 0 Å². The van der Waals surface area contributed by atoms with E-state index in [9.17, 15) is 4.79 Å². The third kappa shape index (κ3) is 2.89. The normalized spacial score (nSPS) is 27.9. The highest BCUT2D eigenvalue weighted by Gasteiger charge is 2.29. The van der Waals surface area contributed by atoms with Crippen LogP contribution in [0, 0.1) is 0 Å².